The molecule has 1 saturated heterocycles. The van der Waals surface area contributed by atoms with E-state index in [4.69, 9.17) is 0 Å². The molecule has 0 radical (unpaired) electrons. The highest BCUT2D eigenvalue weighted by molar-refractivity contribution is 4.97. The van der Waals surface area contributed by atoms with Crippen molar-refractivity contribution in [3.05, 3.63) is 0 Å². The molecule has 17 heavy (non-hydrogen) atoms. The zero-order chi connectivity index (χ0) is 12.9. The van der Waals surface area contributed by atoms with E-state index >= 15 is 0 Å². The van der Waals surface area contributed by atoms with Crippen LogP contribution in [0, 0.1) is 5.92 Å². The Labute approximate surface area is 108 Å². The van der Waals surface area contributed by atoms with Crippen LogP contribution in [0.25, 0.3) is 0 Å². The van der Waals surface area contributed by atoms with Crippen LogP contribution in [-0.2, 0) is 0 Å². The number of nitrogens with zero attached hydrogens (tertiary/aromatic N) is 1. The second-order valence-corrected chi connectivity index (χ2v) is 6.00. The molecule has 1 N–H and O–H groups in total. The fraction of sp³-hybridized carbons (Fsp3) is 1.00. The smallest absolute Gasteiger partial charge is 0.0331 e. The summed E-state index contributed by atoms with van der Waals surface area (Å²) in [6.07, 6.45) is 6.60. The quantitative estimate of drug-likeness (QED) is 0.735. The molecule has 1 aliphatic heterocycles. The summed E-state index contributed by atoms with van der Waals surface area (Å²) in [6.45, 7) is 12.1. The molecule has 0 saturated carbocycles. The molecule has 1 heterocycles. The van der Waals surface area contributed by atoms with Gasteiger partial charge in [-0.2, -0.15) is 0 Å². The molecule has 0 spiro atoms. The van der Waals surface area contributed by atoms with Crippen LogP contribution in [-0.4, -0.2) is 36.6 Å². The molecule has 1 aliphatic rings. The zero-order valence-electron chi connectivity index (χ0n) is 12.6. The van der Waals surface area contributed by atoms with Gasteiger partial charge in [-0.25, -0.2) is 0 Å². The molecule has 3 atom stereocenters. The van der Waals surface area contributed by atoms with Gasteiger partial charge in [-0.1, -0.05) is 27.2 Å². The molecular formula is C15H32N2. The van der Waals surface area contributed by atoms with E-state index in [0.29, 0.717) is 11.6 Å². The van der Waals surface area contributed by atoms with Gasteiger partial charge in [0.1, 0.15) is 0 Å². The van der Waals surface area contributed by atoms with E-state index in [0.717, 1.165) is 5.92 Å². The van der Waals surface area contributed by atoms with Crippen LogP contribution in [0.3, 0.4) is 0 Å². The number of likely N-dealkylation sites (tertiary alicyclic amines) is 1. The minimum absolute atomic E-state index is 0.342. The Morgan fingerprint density at radius 2 is 1.82 bits per heavy atom. The summed E-state index contributed by atoms with van der Waals surface area (Å²) in [5.74, 6) is 0.820. The molecule has 0 aliphatic carbocycles. The maximum atomic E-state index is 3.59. The van der Waals surface area contributed by atoms with E-state index in [9.17, 15) is 0 Å². The largest absolute Gasteiger partial charge is 0.315 e. The maximum Gasteiger partial charge on any atom is 0.0331 e. The number of hydrogen-bond donors (Lipinski definition) is 1. The molecule has 2 nitrogen and oxygen atoms in total. The van der Waals surface area contributed by atoms with Crippen molar-refractivity contribution in [1.29, 1.82) is 0 Å². The van der Waals surface area contributed by atoms with Gasteiger partial charge in [-0.3, -0.25) is 4.90 Å². The Morgan fingerprint density at radius 3 is 2.24 bits per heavy atom. The highest BCUT2D eigenvalue weighted by Gasteiger charge is 2.38. The molecular weight excluding hydrogens is 208 g/mol. The topological polar surface area (TPSA) is 15.3 Å². The van der Waals surface area contributed by atoms with E-state index < -0.39 is 0 Å². The molecule has 0 bridgehead atoms. The normalized spacial score (nSPS) is 24.5. The highest BCUT2D eigenvalue weighted by atomic mass is 15.2. The van der Waals surface area contributed by atoms with Crippen molar-refractivity contribution in [3.8, 4) is 0 Å². The first-order valence-corrected chi connectivity index (χ1v) is 7.50. The van der Waals surface area contributed by atoms with Gasteiger partial charge in [-0.05, 0) is 58.7 Å². The van der Waals surface area contributed by atoms with Crippen LogP contribution in [0.4, 0.5) is 0 Å². The molecule has 1 fully saturated rings. The van der Waals surface area contributed by atoms with Gasteiger partial charge in [0.15, 0.2) is 0 Å². The summed E-state index contributed by atoms with van der Waals surface area (Å²) in [5, 5.41) is 3.59. The van der Waals surface area contributed by atoms with E-state index in [1.165, 1.54) is 45.2 Å². The van der Waals surface area contributed by atoms with Gasteiger partial charge in [0.2, 0.25) is 0 Å². The molecule has 2 heteroatoms. The first-order chi connectivity index (χ1) is 8.08. The van der Waals surface area contributed by atoms with Crippen molar-refractivity contribution in [3.63, 3.8) is 0 Å². The van der Waals surface area contributed by atoms with Gasteiger partial charge in [0, 0.05) is 11.6 Å². The van der Waals surface area contributed by atoms with E-state index in [-0.39, 0.29) is 0 Å². The second kappa shape index (κ2) is 6.75. The van der Waals surface area contributed by atoms with Crippen molar-refractivity contribution in [2.45, 2.75) is 71.4 Å². The first kappa shape index (κ1) is 15.0. The van der Waals surface area contributed by atoms with Crippen molar-refractivity contribution in [2.75, 3.05) is 20.1 Å². The Balaban J connectivity index is 2.72. The summed E-state index contributed by atoms with van der Waals surface area (Å²) >= 11 is 0. The lowest BCUT2D eigenvalue weighted by Crippen LogP contribution is -2.58. The predicted molar refractivity (Wildman–Crippen MR) is 76.4 cm³/mol. The number of hydrogen-bond acceptors (Lipinski definition) is 2. The maximum absolute atomic E-state index is 3.59. The Bertz CT molecular complexity index is 211. The first-order valence-electron chi connectivity index (χ1n) is 7.50. The lowest BCUT2D eigenvalue weighted by atomic mass is 9.82. The van der Waals surface area contributed by atoms with Crippen LogP contribution in [0.1, 0.15) is 59.8 Å². The van der Waals surface area contributed by atoms with Gasteiger partial charge in [0.25, 0.3) is 0 Å². The van der Waals surface area contributed by atoms with Gasteiger partial charge < -0.3 is 5.32 Å². The number of likely N-dealkylation sites (N-methyl/N-ethyl adjacent to an activating group) is 1. The van der Waals surface area contributed by atoms with Crippen LogP contribution < -0.4 is 5.32 Å². The van der Waals surface area contributed by atoms with E-state index in [1.807, 2.05) is 0 Å². The molecule has 0 aromatic heterocycles. The third-order valence-electron chi connectivity index (χ3n) is 4.98. The minimum atomic E-state index is 0.342. The van der Waals surface area contributed by atoms with Crippen LogP contribution in [0.15, 0.2) is 0 Å². The molecule has 102 valence electrons. The van der Waals surface area contributed by atoms with Gasteiger partial charge >= 0.3 is 0 Å². The highest BCUT2D eigenvalue weighted by Crippen LogP contribution is 2.31. The molecule has 0 amide bonds. The van der Waals surface area contributed by atoms with Crippen molar-refractivity contribution >= 4 is 0 Å². The third-order valence-corrected chi connectivity index (χ3v) is 4.98. The van der Waals surface area contributed by atoms with Crippen molar-refractivity contribution in [1.82, 2.24) is 10.2 Å². The Morgan fingerprint density at radius 1 is 1.24 bits per heavy atom. The Kier molecular flexibility index (Phi) is 5.94. The Hall–Kier alpha value is -0.0800. The number of nitrogens with one attached hydrogen (secondary N) is 1. The molecule has 0 aromatic rings. The zero-order valence-corrected chi connectivity index (χ0v) is 12.6. The van der Waals surface area contributed by atoms with Crippen LogP contribution >= 0.6 is 0 Å². The summed E-state index contributed by atoms with van der Waals surface area (Å²) < 4.78 is 0. The number of rotatable bonds is 7. The lowest BCUT2D eigenvalue weighted by molar-refractivity contribution is 0.0768. The summed E-state index contributed by atoms with van der Waals surface area (Å²) in [5.41, 5.74) is 0.342. The third kappa shape index (κ3) is 3.45. The molecule has 0 aromatic carbocycles. The SMILES string of the molecule is CCC(C)CC(NC)C(C)(CC)N1CCCC1. The summed E-state index contributed by atoms with van der Waals surface area (Å²) in [7, 11) is 2.14. The second-order valence-electron chi connectivity index (χ2n) is 6.00. The van der Waals surface area contributed by atoms with Gasteiger partial charge in [-0.15, -0.1) is 0 Å². The fourth-order valence-electron chi connectivity index (χ4n) is 3.17. The summed E-state index contributed by atoms with van der Waals surface area (Å²) in [4.78, 5) is 2.72. The average molecular weight is 240 g/mol. The van der Waals surface area contributed by atoms with E-state index in [1.54, 1.807) is 0 Å². The van der Waals surface area contributed by atoms with Gasteiger partial charge in [0.05, 0.1) is 0 Å². The molecule has 3 unspecified atom stereocenters. The van der Waals surface area contributed by atoms with Crippen LogP contribution in [0.2, 0.25) is 0 Å². The average Bonchev–Trinajstić information content (AvgIpc) is 2.88. The monoisotopic (exact) mass is 240 g/mol. The standard InChI is InChI=1S/C15H32N2/c1-6-13(3)12-14(16-5)15(4,7-2)17-10-8-9-11-17/h13-14,16H,6-12H2,1-5H3. The molecule has 1 rings (SSSR count). The summed E-state index contributed by atoms with van der Waals surface area (Å²) in [6, 6.07) is 0.626. The lowest BCUT2D eigenvalue weighted by Gasteiger charge is -2.45. The van der Waals surface area contributed by atoms with Crippen molar-refractivity contribution in [2.24, 2.45) is 5.92 Å². The van der Waals surface area contributed by atoms with Crippen LogP contribution in [0.5, 0.6) is 0 Å². The predicted octanol–water partition coefficient (Wildman–Crippen LogP) is 3.28. The minimum Gasteiger partial charge on any atom is -0.315 e. The van der Waals surface area contributed by atoms with Crippen molar-refractivity contribution < 1.29 is 0 Å². The van der Waals surface area contributed by atoms with E-state index in [2.05, 4.69) is 45.0 Å². The fourth-order valence-corrected chi connectivity index (χ4v) is 3.17.